The molecular weight excluding hydrogens is 114 g/mol. The van der Waals surface area contributed by atoms with Gasteiger partial charge in [0.2, 0.25) is 0 Å². The van der Waals surface area contributed by atoms with Crippen molar-refractivity contribution in [2.24, 2.45) is 0 Å². The van der Waals surface area contributed by atoms with Crippen molar-refractivity contribution in [2.45, 2.75) is 27.2 Å². The summed E-state index contributed by atoms with van der Waals surface area (Å²) in [6.45, 7) is 5.25. The Kier molecular flexibility index (Phi) is 2.99. The maximum atomic E-state index is 8.86. The van der Waals surface area contributed by atoms with Crippen molar-refractivity contribution in [1.29, 1.82) is 5.41 Å². The van der Waals surface area contributed by atoms with Crippen molar-refractivity contribution in [3.05, 3.63) is 11.3 Å². The van der Waals surface area contributed by atoms with Gasteiger partial charge in [0.05, 0.1) is 5.76 Å². The Morgan fingerprint density at radius 2 is 1.89 bits per heavy atom. The molecule has 0 bridgehead atoms. The third-order valence-corrected chi connectivity index (χ3v) is 1.35. The lowest BCUT2D eigenvalue weighted by atomic mass is 10.1. The molecule has 0 saturated carbocycles. The minimum Gasteiger partial charge on any atom is -0.512 e. The maximum absolute atomic E-state index is 8.86. The monoisotopic (exact) mass is 127 g/mol. The molecule has 0 atom stereocenters. The Morgan fingerprint density at radius 3 is 2.00 bits per heavy atom. The summed E-state index contributed by atoms with van der Waals surface area (Å²) in [7, 11) is 0. The van der Waals surface area contributed by atoms with Crippen molar-refractivity contribution in [2.75, 3.05) is 0 Å². The van der Waals surface area contributed by atoms with E-state index < -0.39 is 0 Å². The summed E-state index contributed by atoms with van der Waals surface area (Å²) in [6, 6.07) is 0. The Morgan fingerprint density at radius 1 is 1.44 bits per heavy atom. The number of hydrogen-bond donors (Lipinski definition) is 2. The molecule has 0 saturated heterocycles. The lowest BCUT2D eigenvalue weighted by Gasteiger charge is -2.00. The third kappa shape index (κ3) is 2.31. The van der Waals surface area contributed by atoms with Gasteiger partial charge in [-0.25, -0.2) is 0 Å². The zero-order valence-electron chi connectivity index (χ0n) is 6.15. The fourth-order valence-corrected chi connectivity index (χ4v) is 0.484. The molecule has 0 rings (SSSR count). The van der Waals surface area contributed by atoms with Crippen LogP contribution in [-0.2, 0) is 0 Å². The summed E-state index contributed by atoms with van der Waals surface area (Å²) in [5, 5.41) is 16.1. The molecule has 0 spiro atoms. The molecule has 2 nitrogen and oxygen atoms in total. The molecule has 0 aromatic rings. The van der Waals surface area contributed by atoms with Crippen molar-refractivity contribution in [3.8, 4) is 0 Å². The number of allylic oxidation sites excluding steroid dienone is 2. The topological polar surface area (TPSA) is 44.1 Å². The lowest BCUT2D eigenvalue weighted by Crippen LogP contribution is -1.97. The number of nitrogens with one attached hydrogen (secondary N) is 1. The van der Waals surface area contributed by atoms with Crippen LogP contribution in [0, 0.1) is 5.41 Å². The van der Waals surface area contributed by atoms with Crippen LogP contribution in [0.15, 0.2) is 11.3 Å². The molecule has 0 unspecified atom stereocenters. The van der Waals surface area contributed by atoms with E-state index in [9.17, 15) is 0 Å². The molecule has 0 radical (unpaired) electrons. The fraction of sp³-hybridized carbons (Fsp3) is 0.571. The highest BCUT2D eigenvalue weighted by molar-refractivity contribution is 5.97. The lowest BCUT2D eigenvalue weighted by molar-refractivity contribution is 0.410. The highest BCUT2D eigenvalue weighted by Crippen LogP contribution is 2.02. The van der Waals surface area contributed by atoms with Crippen LogP contribution in [0.25, 0.3) is 0 Å². The summed E-state index contributed by atoms with van der Waals surface area (Å²) in [6.07, 6.45) is 0.684. The van der Waals surface area contributed by atoms with Crippen LogP contribution >= 0.6 is 0 Å². The van der Waals surface area contributed by atoms with Crippen LogP contribution in [0.3, 0.4) is 0 Å². The minimum absolute atomic E-state index is 0.252. The molecule has 2 N–H and O–H groups in total. The predicted molar refractivity (Wildman–Crippen MR) is 39.0 cm³/mol. The summed E-state index contributed by atoms with van der Waals surface area (Å²) in [4.78, 5) is 0. The molecule has 0 aliphatic carbocycles. The molecular formula is C7H13NO. The number of rotatable bonds is 2. The highest BCUT2D eigenvalue weighted by Gasteiger charge is 1.98. The second kappa shape index (κ2) is 3.28. The SMILES string of the molecule is CCC(=N)/C(C)=C(/C)O. The van der Waals surface area contributed by atoms with E-state index >= 15 is 0 Å². The zero-order valence-corrected chi connectivity index (χ0v) is 6.15. The van der Waals surface area contributed by atoms with Gasteiger partial charge in [-0.05, 0) is 20.3 Å². The largest absolute Gasteiger partial charge is 0.512 e. The first-order valence-electron chi connectivity index (χ1n) is 3.03. The van der Waals surface area contributed by atoms with Gasteiger partial charge in [0.15, 0.2) is 0 Å². The zero-order chi connectivity index (χ0) is 7.44. The molecule has 9 heavy (non-hydrogen) atoms. The van der Waals surface area contributed by atoms with Gasteiger partial charge in [0.25, 0.3) is 0 Å². The molecule has 0 aromatic carbocycles. The van der Waals surface area contributed by atoms with Crippen LogP contribution in [-0.4, -0.2) is 10.8 Å². The average Bonchev–Trinajstić information content (AvgIpc) is 1.84. The Hall–Kier alpha value is -0.790. The first-order valence-corrected chi connectivity index (χ1v) is 3.03. The summed E-state index contributed by atoms with van der Waals surface area (Å²) < 4.78 is 0. The van der Waals surface area contributed by atoms with Gasteiger partial charge in [-0.2, -0.15) is 0 Å². The van der Waals surface area contributed by atoms with Gasteiger partial charge in [-0.15, -0.1) is 0 Å². The standard InChI is InChI=1S/C7H13NO/c1-4-7(8)5(2)6(3)9/h8-9H,4H2,1-3H3/b6-5-,8-7?. The van der Waals surface area contributed by atoms with Crippen molar-refractivity contribution in [1.82, 2.24) is 0 Å². The Balaban J connectivity index is 4.21. The first-order chi connectivity index (χ1) is 4.09. The molecule has 0 aromatic heterocycles. The van der Waals surface area contributed by atoms with Crippen molar-refractivity contribution in [3.63, 3.8) is 0 Å². The average molecular weight is 127 g/mol. The fourth-order valence-electron chi connectivity index (χ4n) is 0.484. The van der Waals surface area contributed by atoms with E-state index in [-0.39, 0.29) is 5.76 Å². The predicted octanol–water partition coefficient (Wildman–Crippen LogP) is 2.27. The smallest absolute Gasteiger partial charge is 0.0938 e. The van der Waals surface area contributed by atoms with Crippen LogP contribution in [0.1, 0.15) is 27.2 Å². The maximum Gasteiger partial charge on any atom is 0.0938 e. The number of aliphatic hydroxyl groups excluding tert-OH is 1. The van der Waals surface area contributed by atoms with Gasteiger partial charge >= 0.3 is 0 Å². The van der Waals surface area contributed by atoms with E-state index in [1.807, 2.05) is 6.92 Å². The number of hydrogen-bond acceptors (Lipinski definition) is 2. The molecule has 52 valence electrons. The second-order valence-corrected chi connectivity index (χ2v) is 2.04. The molecule has 2 heteroatoms. The molecule has 0 amide bonds. The first kappa shape index (κ1) is 8.21. The van der Waals surface area contributed by atoms with Crippen LogP contribution in [0.2, 0.25) is 0 Å². The molecule has 0 heterocycles. The van der Waals surface area contributed by atoms with Gasteiger partial charge in [-0.1, -0.05) is 6.92 Å². The van der Waals surface area contributed by atoms with Crippen LogP contribution in [0.4, 0.5) is 0 Å². The van der Waals surface area contributed by atoms with Gasteiger partial charge in [0.1, 0.15) is 0 Å². The third-order valence-electron chi connectivity index (χ3n) is 1.35. The molecule has 0 fully saturated rings. The molecule has 0 aliphatic heterocycles. The van der Waals surface area contributed by atoms with Gasteiger partial charge in [0, 0.05) is 11.3 Å². The van der Waals surface area contributed by atoms with Crippen molar-refractivity contribution < 1.29 is 5.11 Å². The summed E-state index contributed by atoms with van der Waals surface area (Å²) in [5.41, 5.74) is 1.20. The van der Waals surface area contributed by atoms with E-state index in [1.54, 1.807) is 13.8 Å². The van der Waals surface area contributed by atoms with E-state index in [1.165, 1.54) is 0 Å². The Labute approximate surface area is 55.7 Å². The van der Waals surface area contributed by atoms with E-state index in [2.05, 4.69) is 0 Å². The second-order valence-electron chi connectivity index (χ2n) is 2.04. The van der Waals surface area contributed by atoms with Gasteiger partial charge < -0.3 is 10.5 Å². The van der Waals surface area contributed by atoms with E-state index in [4.69, 9.17) is 10.5 Å². The highest BCUT2D eigenvalue weighted by atomic mass is 16.3. The van der Waals surface area contributed by atoms with Crippen LogP contribution in [0.5, 0.6) is 0 Å². The summed E-state index contributed by atoms with van der Waals surface area (Å²) >= 11 is 0. The van der Waals surface area contributed by atoms with Crippen LogP contribution < -0.4 is 0 Å². The number of aliphatic hydroxyl groups is 1. The normalized spacial score (nSPS) is 12.8. The van der Waals surface area contributed by atoms with E-state index in [0.717, 1.165) is 0 Å². The van der Waals surface area contributed by atoms with E-state index in [0.29, 0.717) is 17.7 Å². The molecule has 0 aliphatic rings. The minimum atomic E-state index is 0.252. The summed E-state index contributed by atoms with van der Waals surface area (Å²) in [5.74, 6) is 0.252. The van der Waals surface area contributed by atoms with Gasteiger partial charge in [-0.3, -0.25) is 0 Å². The van der Waals surface area contributed by atoms with Crippen molar-refractivity contribution >= 4 is 5.71 Å². The quantitative estimate of drug-likeness (QED) is 0.433. The Bertz CT molecular complexity index is 143.